The number of ether oxygens (including phenoxy) is 2. The highest BCUT2D eigenvalue weighted by molar-refractivity contribution is 6.31. The van der Waals surface area contributed by atoms with Crippen molar-refractivity contribution >= 4 is 23.2 Å². The lowest BCUT2D eigenvalue weighted by Gasteiger charge is -2.07. The molecule has 0 aliphatic heterocycles. The third kappa shape index (κ3) is 3.21. The lowest BCUT2D eigenvalue weighted by Crippen LogP contribution is -1.95. The van der Waals surface area contributed by atoms with Crippen molar-refractivity contribution in [2.75, 3.05) is 6.61 Å². The third-order valence-corrected chi connectivity index (χ3v) is 2.32. The molecule has 0 amide bonds. The highest BCUT2D eigenvalue weighted by Gasteiger charge is 2.09. The second kappa shape index (κ2) is 5.84. The number of aromatic nitrogens is 3. The second-order valence-corrected chi connectivity index (χ2v) is 3.88. The predicted octanol–water partition coefficient (Wildman–Crippen LogP) is 3.37. The van der Waals surface area contributed by atoms with Crippen molar-refractivity contribution in [2.24, 2.45) is 0 Å². The first kappa shape index (κ1) is 12.9. The molecule has 1 aromatic carbocycles. The van der Waals surface area contributed by atoms with Gasteiger partial charge in [-0.2, -0.15) is 4.98 Å². The first-order chi connectivity index (χ1) is 8.69. The van der Waals surface area contributed by atoms with Gasteiger partial charge in [0, 0.05) is 6.07 Å². The monoisotopic (exact) mass is 285 g/mol. The molecular formula is C11H9Cl2N3O2. The molecule has 0 N–H and O–H groups in total. The van der Waals surface area contributed by atoms with E-state index >= 15 is 0 Å². The van der Waals surface area contributed by atoms with Gasteiger partial charge in [0.15, 0.2) is 0 Å². The van der Waals surface area contributed by atoms with E-state index in [1.54, 1.807) is 18.2 Å². The van der Waals surface area contributed by atoms with Crippen LogP contribution in [0.2, 0.25) is 10.4 Å². The van der Waals surface area contributed by atoms with Crippen LogP contribution in [0.15, 0.2) is 24.3 Å². The van der Waals surface area contributed by atoms with Crippen molar-refractivity contribution in [1.29, 1.82) is 0 Å². The molecule has 7 heteroatoms. The van der Waals surface area contributed by atoms with Crippen LogP contribution in [0.25, 0.3) is 0 Å². The molecule has 0 aliphatic carbocycles. The van der Waals surface area contributed by atoms with E-state index in [1.807, 2.05) is 13.0 Å². The lowest BCUT2D eigenvalue weighted by molar-refractivity contribution is 0.338. The summed E-state index contributed by atoms with van der Waals surface area (Å²) in [5.74, 6) is 1.32. The van der Waals surface area contributed by atoms with E-state index in [0.29, 0.717) is 18.1 Å². The fraction of sp³-hybridized carbons (Fsp3) is 0.182. The average Bonchev–Trinajstić information content (AvgIpc) is 2.35. The number of rotatable bonds is 4. The topological polar surface area (TPSA) is 57.1 Å². The van der Waals surface area contributed by atoms with Gasteiger partial charge in [-0.1, -0.05) is 17.7 Å². The number of hydrogen-bond acceptors (Lipinski definition) is 5. The lowest BCUT2D eigenvalue weighted by atomic mass is 10.3. The van der Waals surface area contributed by atoms with Crippen molar-refractivity contribution in [3.05, 3.63) is 34.7 Å². The number of benzene rings is 1. The summed E-state index contributed by atoms with van der Waals surface area (Å²) in [6.45, 7) is 2.48. The molecule has 0 saturated carbocycles. The zero-order valence-corrected chi connectivity index (χ0v) is 10.9. The molecular weight excluding hydrogens is 277 g/mol. The van der Waals surface area contributed by atoms with Gasteiger partial charge in [-0.25, -0.2) is 0 Å². The summed E-state index contributed by atoms with van der Waals surface area (Å²) in [5, 5.41) is 7.10. The van der Waals surface area contributed by atoms with Crippen molar-refractivity contribution in [2.45, 2.75) is 6.92 Å². The van der Waals surface area contributed by atoms with Gasteiger partial charge in [0.05, 0.1) is 6.61 Å². The largest absolute Gasteiger partial charge is 0.494 e. The summed E-state index contributed by atoms with van der Waals surface area (Å²) in [4.78, 5) is 3.84. The van der Waals surface area contributed by atoms with Crippen LogP contribution in [0.4, 0.5) is 0 Å². The normalized spacial score (nSPS) is 10.2. The molecule has 1 heterocycles. The van der Waals surface area contributed by atoms with Gasteiger partial charge in [-0.15, -0.1) is 10.2 Å². The van der Waals surface area contributed by atoms with Gasteiger partial charge in [0.1, 0.15) is 11.5 Å². The van der Waals surface area contributed by atoms with Gasteiger partial charge in [-0.05, 0) is 30.7 Å². The first-order valence-corrected chi connectivity index (χ1v) is 5.91. The third-order valence-electron chi connectivity index (χ3n) is 1.92. The molecule has 2 rings (SSSR count). The minimum atomic E-state index is -0.0321. The van der Waals surface area contributed by atoms with E-state index in [0.717, 1.165) is 0 Å². The summed E-state index contributed by atoms with van der Waals surface area (Å²) in [6.07, 6.45) is 0. The number of hydrogen-bond donors (Lipinski definition) is 0. The molecule has 0 spiro atoms. The highest BCUT2D eigenvalue weighted by Crippen LogP contribution is 2.28. The maximum atomic E-state index is 5.80. The summed E-state index contributed by atoms with van der Waals surface area (Å²) < 4.78 is 10.8. The Hall–Kier alpha value is -1.59. The summed E-state index contributed by atoms with van der Waals surface area (Å²) >= 11 is 11.4. The fourth-order valence-electron chi connectivity index (χ4n) is 1.25. The Bertz CT molecular complexity index is 552. The molecule has 18 heavy (non-hydrogen) atoms. The van der Waals surface area contributed by atoms with Gasteiger partial charge in [-0.3, -0.25) is 0 Å². The summed E-state index contributed by atoms with van der Waals surface area (Å²) in [7, 11) is 0. The minimum Gasteiger partial charge on any atom is -0.494 e. The molecule has 0 radical (unpaired) electrons. The molecule has 1 aromatic heterocycles. The summed E-state index contributed by atoms with van der Waals surface area (Å²) in [6, 6.07) is 7.08. The Morgan fingerprint density at radius 2 is 1.94 bits per heavy atom. The highest BCUT2D eigenvalue weighted by atomic mass is 35.5. The zero-order chi connectivity index (χ0) is 13.0. The van der Waals surface area contributed by atoms with E-state index in [1.165, 1.54) is 0 Å². The van der Waals surface area contributed by atoms with Crippen LogP contribution < -0.4 is 9.47 Å². The van der Waals surface area contributed by atoms with E-state index < -0.39 is 0 Å². The summed E-state index contributed by atoms with van der Waals surface area (Å²) in [5.41, 5.74) is 0. The standard InChI is InChI=1S/C11H9Cl2N3O2/c1-2-17-7-4-3-5-8(6-7)18-10-9(12)15-16-11(13)14-10/h3-6H,2H2,1H3. The maximum absolute atomic E-state index is 5.80. The van der Waals surface area contributed by atoms with Gasteiger partial charge >= 0.3 is 0 Å². The molecule has 5 nitrogen and oxygen atoms in total. The Morgan fingerprint density at radius 3 is 2.72 bits per heavy atom. The van der Waals surface area contributed by atoms with Crippen LogP contribution in [0.3, 0.4) is 0 Å². The SMILES string of the molecule is CCOc1cccc(Oc2nc(Cl)nnc2Cl)c1. The molecule has 0 atom stereocenters. The van der Waals surface area contributed by atoms with Crippen molar-refractivity contribution in [3.63, 3.8) is 0 Å². The van der Waals surface area contributed by atoms with Crippen molar-refractivity contribution < 1.29 is 9.47 Å². The Labute approximate surface area is 114 Å². The zero-order valence-electron chi connectivity index (χ0n) is 9.43. The first-order valence-electron chi connectivity index (χ1n) is 5.15. The quantitative estimate of drug-likeness (QED) is 0.862. The van der Waals surface area contributed by atoms with Crippen LogP contribution in [-0.2, 0) is 0 Å². The number of halogens is 2. The van der Waals surface area contributed by atoms with E-state index in [2.05, 4.69) is 15.2 Å². The Kier molecular flexibility index (Phi) is 4.17. The van der Waals surface area contributed by atoms with Crippen LogP contribution in [0, 0.1) is 0 Å². The van der Waals surface area contributed by atoms with E-state index in [9.17, 15) is 0 Å². The van der Waals surface area contributed by atoms with Crippen LogP contribution >= 0.6 is 23.2 Å². The van der Waals surface area contributed by atoms with E-state index in [4.69, 9.17) is 32.7 Å². The van der Waals surface area contributed by atoms with Gasteiger partial charge in [0.25, 0.3) is 5.88 Å². The minimum absolute atomic E-state index is 0.0321. The van der Waals surface area contributed by atoms with Crippen LogP contribution in [0.5, 0.6) is 17.4 Å². The van der Waals surface area contributed by atoms with Gasteiger partial charge < -0.3 is 9.47 Å². The average molecular weight is 286 g/mol. The molecule has 0 fully saturated rings. The molecule has 0 bridgehead atoms. The molecule has 0 saturated heterocycles. The van der Waals surface area contributed by atoms with Gasteiger partial charge in [0.2, 0.25) is 10.4 Å². The van der Waals surface area contributed by atoms with Crippen molar-refractivity contribution in [3.8, 4) is 17.4 Å². The molecule has 94 valence electrons. The molecule has 0 unspecified atom stereocenters. The number of nitrogens with zero attached hydrogens (tertiary/aromatic N) is 3. The predicted molar refractivity (Wildman–Crippen MR) is 67.5 cm³/mol. The Morgan fingerprint density at radius 1 is 1.17 bits per heavy atom. The van der Waals surface area contributed by atoms with Crippen LogP contribution in [0.1, 0.15) is 6.92 Å². The second-order valence-electron chi connectivity index (χ2n) is 3.19. The van der Waals surface area contributed by atoms with Crippen LogP contribution in [-0.4, -0.2) is 21.8 Å². The Balaban J connectivity index is 2.22. The van der Waals surface area contributed by atoms with E-state index in [-0.39, 0.29) is 16.3 Å². The molecule has 0 aliphatic rings. The van der Waals surface area contributed by atoms with Crippen molar-refractivity contribution in [1.82, 2.24) is 15.2 Å². The fourth-order valence-corrected chi connectivity index (χ4v) is 1.48. The molecule has 2 aromatic rings. The smallest absolute Gasteiger partial charge is 0.262 e. The maximum Gasteiger partial charge on any atom is 0.262 e.